The third-order valence-corrected chi connectivity index (χ3v) is 1.86. The van der Waals surface area contributed by atoms with Crippen LogP contribution >= 0.6 is 0 Å². The molecule has 0 unspecified atom stereocenters. The van der Waals surface area contributed by atoms with E-state index >= 15 is 0 Å². The van der Waals surface area contributed by atoms with Crippen LogP contribution in [0.15, 0.2) is 24.3 Å². The van der Waals surface area contributed by atoms with Crippen molar-refractivity contribution in [2.24, 2.45) is 0 Å². The SMILES string of the molecule is N#Cc1ccccc1[C@H]1CN1. The van der Waals surface area contributed by atoms with Crippen molar-refractivity contribution in [3.8, 4) is 6.07 Å². The summed E-state index contributed by atoms with van der Waals surface area (Å²) in [7, 11) is 0. The fourth-order valence-electron chi connectivity index (χ4n) is 1.18. The maximum absolute atomic E-state index is 8.72. The van der Waals surface area contributed by atoms with Crippen molar-refractivity contribution in [1.82, 2.24) is 5.32 Å². The molecule has 1 aliphatic heterocycles. The largest absolute Gasteiger partial charge is 0.307 e. The highest BCUT2D eigenvalue weighted by Crippen LogP contribution is 2.23. The number of nitrogens with zero attached hydrogens (tertiary/aromatic N) is 1. The summed E-state index contributed by atoms with van der Waals surface area (Å²) in [5.41, 5.74) is 1.93. The fraction of sp³-hybridized carbons (Fsp3) is 0.222. The molecule has 1 saturated heterocycles. The van der Waals surface area contributed by atoms with Crippen LogP contribution in [-0.2, 0) is 0 Å². The summed E-state index contributed by atoms with van der Waals surface area (Å²) in [6, 6.07) is 10.3. The number of hydrogen-bond acceptors (Lipinski definition) is 2. The molecule has 1 fully saturated rings. The summed E-state index contributed by atoms with van der Waals surface area (Å²) in [5.74, 6) is 0. The van der Waals surface area contributed by atoms with Crippen LogP contribution in [0.25, 0.3) is 0 Å². The zero-order valence-electron chi connectivity index (χ0n) is 6.04. The van der Waals surface area contributed by atoms with E-state index in [2.05, 4.69) is 11.4 Å². The Balaban J connectivity index is 2.44. The summed E-state index contributed by atoms with van der Waals surface area (Å²) in [6.45, 7) is 1.01. The lowest BCUT2D eigenvalue weighted by atomic mass is 10.1. The number of hydrogen-bond donors (Lipinski definition) is 1. The van der Waals surface area contributed by atoms with Crippen LogP contribution in [0, 0.1) is 11.3 Å². The van der Waals surface area contributed by atoms with E-state index in [0.29, 0.717) is 6.04 Å². The highest BCUT2D eigenvalue weighted by atomic mass is 15.1. The monoisotopic (exact) mass is 144 g/mol. The molecule has 1 aromatic carbocycles. The average molecular weight is 144 g/mol. The van der Waals surface area contributed by atoms with E-state index < -0.39 is 0 Å². The Morgan fingerprint density at radius 3 is 2.82 bits per heavy atom. The Morgan fingerprint density at radius 1 is 1.45 bits per heavy atom. The molecule has 0 amide bonds. The topological polar surface area (TPSA) is 45.7 Å². The normalized spacial score (nSPS) is 20.8. The molecule has 1 atom stereocenters. The lowest BCUT2D eigenvalue weighted by Crippen LogP contribution is -1.88. The van der Waals surface area contributed by atoms with E-state index in [1.165, 1.54) is 0 Å². The second-order valence-electron chi connectivity index (χ2n) is 2.66. The summed E-state index contributed by atoms with van der Waals surface area (Å²) in [6.07, 6.45) is 0. The number of nitriles is 1. The molecule has 1 N–H and O–H groups in total. The molecule has 11 heavy (non-hydrogen) atoms. The van der Waals surface area contributed by atoms with Gasteiger partial charge in [0.15, 0.2) is 0 Å². The molecule has 0 radical (unpaired) electrons. The first kappa shape index (κ1) is 6.38. The van der Waals surface area contributed by atoms with Gasteiger partial charge in [-0.1, -0.05) is 18.2 Å². The van der Waals surface area contributed by atoms with Crippen molar-refractivity contribution in [3.05, 3.63) is 35.4 Å². The molecular formula is C9H8N2. The Hall–Kier alpha value is -1.33. The van der Waals surface area contributed by atoms with Gasteiger partial charge in [-0.15, -0.1) is 0 Å². The molecule has 0 bridgehead atoms. The van der Waals surface area contributed by atoms with Crippen molar-refractivity contribution < 1.29 is 0 Å². The quantitative estimate of drug-likeness (QED) is 0.602. The van der Waals surface area contributed by atoms with Crippen LogP contribution in [-0.4, -0.2) is 6.54 Å². The van der Waals surface area contributed by atoms with Crippen molar-refractivity contribution in [3.63, 3.8) is 0 Å². The van der Waals surface area contributed by atoms with Crippen molar-refractivity contribution in [2.45, 2.75) is 6.04 Å². The van der Waals surface area contributed by atoms with Gasteiger partial charge in [0.25, 0.3) is 0 Å². The van der Waals surface area contributed by atoms with Gasteiger partial charge in [-0.3, -0.25) is 0 Å². The van der Waals surface area contributed by atoms with Crippen LogP contribution in [0.1, 0.15) is 17.2 Å². The summed E-state index contributed by atoms with van der Waals surface area (Å²) < 4.78 is 0. The third-order valence-electron chi connectivity index (χ3n) is 1.86. The predicted octanol–water partition coefficient (Wildman–Crippen LogP) is 1.20. The Morgan fingerprint density at radius 2 is 2.18 bits per heavy atom. The maximum Gasteiger partial charge on any atom is 0.0995 e. The smallest absolute Gasteiger partial charge is 0.0995 e. The minimum absolute atomic E-state index is 0.436. The summed E-state index contributed by atoms with van der Waals surface area (Å²) >= 11 is 0. The van der Waals surface area contributed by atoms with E-state index in [-0.39, 0.29) is 0 Å². The number of nitrogens with one attached hydrogen (secondary N) is 1. The van der Waals surface area contributed by atoms with E-state index in [4.69, 9.17) is 5.26 Å². The molecular weight excluding hydrogens is 136 g/mol. The second kappa shape index (κ2) is 2.37. The first-order valence-electron chi connectivity index (χ1n) is 3.64. The van der Waals surface area contributed by atoms with Crippen LogP contribution < -0.4 is 5.32 Å². The lowest BCUT2D eigenvalue weighted by Gasteiger charge is -1.97. The van der Waals surface area contributed by atoms with Crippen molar-refractivity contribution in [1.29, 1.82) is 5.26 Å². The second-order valence-corrected chi connectivity index (χ2v) is 2.66. The zero-order chi connectivity index (χ0) is 7.68. The van der Waals surface area contributed by atoms with Crippen molar-refractivity contribution >= 4 is 0 Å². The van der Waals surface area contributed by atoms with Gasteiger partial charge in [0.2, 0.25) is 0 Å². The van der Waals surface area contributed by atoms with Gasteiger partial charge in [-0.25, -0.2) is 0 Å². The maximum atomic E-state index is 8.72. The van der Waals surface area contributed by atoms with Crippen LogP contribution in [0.3, 0.4) is 0 Å². The molecule has 1 heterocycles. The fourth-order valence-corrected chi connectivity index (χ4v) is 1.18. The molecule has 0 saturated carbocycles. The number of benzene rings is 1. The first-order chi connectivity index (χ1) is 5.42. The average Bonchev–Trinajstić information content (AvgIpc) is 2.87. The molecule has 2 nitrogen and oxygen atoms in total. The first-order valence-corrected chi connectivity index (χ1v) is 3.64. The van der Waals surface area contributed by atoms with E-state index in [9.17, 15) is 0 Å². The number of rotatable bonds is 1. The molecule has 2 heteroatoms. The molecule has 0 aromatic heterocycles. The molecule has 54 valence electrons. The lowest BCUT2D eigenvalue weighted by molar-refractivity contribution is 1.07. The van der Waals surface area contributed by atoms with E-state index in [0.717, 1.165) is 17.7 Å². The molecule has 2 rings (SSSR count). The highest BCUT2D eigenvalue weighted by Gasteiger charge is 2.24. The minimum Gasteiger partial charge on any atom is -0.307 e. The Kier molecular flexibility index (Phi) is 1.38. The minimum atomic E-state index is 0.436. The van der Waals surface area contributed by atoms with Crippen molar-refractivity contribution in [2.75, 3.05) is 6.54 Å². The van der Waals surface area contributed by atoms with E-state index in [1.807, 2.05) is 24.3 Å². The third kappa shape index (κ3) is 1.11. The van der Waals surface area contributed by atoms with Crippen LogP contribution in [0.5, 0.6) is 0 Å². The standard InChI is InChI=1S/C9H8N2/c10-5-7-3-1-2-4-8(7)9-6-11-9/h1-4,9,11H,6H2/t9-/m1/s1. The predicted molar refractivity (Wildman–Crippen MR) is 41.9 cm³/mol. The van der Waals surface area contributed by atoms with Gasteiger partial charge in [0, 0.05) is 12.6 Å². The van der Waals surface area contributed by atoms with Gasteiger partial charge in [0.05, 0.1) is 11.6 Å². The Bertz CT molecular complexity index is 308. The van der Waals surface area contributed by atoms with E-state index in [1.54, 1.807) is 0 Å². The van der Waals surface area contributed by atoms with Gasteiger partial charge >= 0.3 is 0 Å². The van der Waals surface area contributed by atoms with Crippen LogP contribution in [0.4, 0.5) is 0 Å². The molecule has 0 spiro atoms. The summed E-state index contributed by atoms with van der Waals surface area (Å²) in [4.78, 5) is 0. The van der Waals surface area contributed by atoms with Gasteiger partial charge in [-0.2, -0.15) is 5.26 Å². The van der Waals surface area contributed by atoms with Crippen LogP contribution in [0.2, 0.25) is 0 Å². The van der Waals surface area contributed by atoms with Gasteiger partial charge in [-0.05, 0) is 11.6 Å². The van der Waals surface area contributed by atoms with Gasteiger partial charge < -0.3 is 5.32 Å². The Labute approximate surface area is 65.5 Å². The zero-order valence-corrected chi connectivity index (χ0v) is 6.04. The molecule has 1 aliphatic rings. The molecule has 0 aliphatic carbocycles. The van der Waals surface area contributed by atoms with Gasteiger partial charge in [0.1, 0.15) is 0 Å². The summed E-state index contributed by atoms with van der Waals surface area (Å²) in [5, 5.41) is 11.9. The highest BCUT2D eigenvalue weighted by molar-refractivity contribution is 5.41. The molecule has 1 aromatic rings.